The van der Waals surface area contributed by atoms with E-state index in [0.717, 1.165) is 11.1 Å². The van der Waals surface area contributed by atoms with E-state index in [1.165, 1.54) is 4.31 Å². The van der Waals surface area contributed by atoms with Crippen molar-refractivity contribution < 1.29 is 17.9 Å². The number of hydrogen-bond donors (Lipinski definition) is 0. The van der Waals surface area contributed by atoms with Crippen molar-refractivity contribution in [3.8, 4) is 5.75 Å². The summed E-state index contributed by atoms with van der Waals surface area (Å²) in [5.74, 6) is 0.678. The van der Waals surface area contributed by atoms with E-state index in [0.29, 0.717) is 5.75 Å². The van der Waals surface area contributed by atoms with Gasteiger partial charge in [-0.05, 0) is 35.4 Å². The van der Waals surface area contributed by atoms with Crippen LogP contribution in [0.4, 0.5) is 0 Å². The Morgan fingerprint density at radius 1 is 0.893 bits per heavy atom. The van der Waals surface area contributed by atoms with Crippen LogP contribution in [0.3, 0.4) is 0 Å². The Hall–Kier alpha value is -2.67. The van der Waals surface area contributed by atoms with Gasteiger partial charge in [0.25, 0.3) is 0 Å². The van der Waals surface area contributed by atoms with Gasteiger partial charge in [-0.3, -0.25) is 0 Å². The summed E-state index contributed by atoms with van der Waals surface area (Å²) in [6.07, 6.45) is -0.692. The van der Waals surface area contributed by atoms with E-state index in [1.807, 2.05) is 54.6 Å². The molecule has 6 heteroatoms. The molecule has 1 saturated heterocycles. The van der Waals surface area contributed by atoms with E-state index in [2.05, 4.69) is 0 Å². The lowest BCUT2D eigenvalue weighted by atomic mass is 10.1. The summed E-state index contributed by atoms with van der Waals surface area (Å²) < 4.78 is 39.9. The smallest absolute Gasteiger partial charge is 0.246 e. The molecule has 0 N–H and O–H groups in total. The molecule has 3 aromatic rings. The minimum Gasteiger partial charge on any atom is -0.497 e. The molecule has 144 valence electrons. The molecule has 4 rings (SSSR count). The van der Waals surface area contributed by atoms with Gasteiger partial charge in [-0.2, -0.15) is 4.31 Å². The van der Waals surface area contributed by atoms with Crippen LogP contribution in [-0.4, -0.2) is 26.4 Å². The van der Waals surface area contributed by atoms with Crippen LogP contribution in [0.1, 0.15) is 23.4 Å². The normalized spacial score (nSPS) is 20.2. The number of nitrogens with zero attached hydrogens (tertiary/aromatic N) is 1. The SMILES string of the molecule is COc1cccc([C@H]2COC(c3ccccc3)N2S(=O)(=O)c2ccccc2)c1. The fraction of sp³-hybridized carbons (Fsp3) is 0.182. The first kappa shape index (κ1) is 18.7. The van der Waals surface area contributed by atoms with Crippen molar-refractivity contribution in [2.75, 3.05) is 13.7 Å². The number of hydrogen-bond acceptors (Lipinski definition) is 4. The monoisotopic (exact) mass is 395 g/mol. The molecule has 28 heavy (non-hydrogen) atoms. The maximum Gasteiger partial charge on any atom is 0.246 e. The molecule has 1 fully saturated rings. The number of sulfonamides is 1. The van der Waals surface area contributed by atoms with Crippen molar-refractivity contribution in [2.24, 2.45) is 0 Å². The summed E-state index contributed by atoms with van der Waals surface area (Å²) in [6, 6.07) is 24.9. The van der Waals surface area contributed by atoms with Crippen LogP contribution in [0.2, 0.25) is 0 Å². The number of ether oxygens (including phenoxy) is 2. The van der Waals surface area contributed by atoms with E-state index < -0.39 is 22.3 Å². The highest BCUT2D eigenvalue weighted by molar-refractivity contribution is 7.89. The highest BCUT2D eigenvalue weighted by Gasteiger charge is 2.44. The molecule has 0 spiro atoms. The lowest BCUT2D eigenvalue weighted by Gasteiger charge is -2.28. The summed E-state index contributed by atoms with van der Waals surface area (Å²) in [4.78, 5) is 0.245. The molecule has 5 nitrogen and oxygen atoms in total. The first-order valence-electron chi connectivity index (χ1n) is 9.00. The van der Waals surface area contributed by atoms with Crippen molar-refractivity contribution in [3.63, 3.8) is 0 Å². The maximum absolute atomic E-state index is 13.6. The Balaban J connectivity index is 1.82. The first-order chi connectivity index (χ1) is 13.6. The third-order valence-electron chi connectivity index (χ3n) is 4.83. The maximum atomic E-state index is 13.6. The molecule has 0 amide bonds. The molecule has 0 saturated carbocycles. The van der Waals surface area contributed by atoms with E-state index in [9.17, 15) is 8.42 Å². The summed E-state index contributed by atoms with van der Waals surface area (Å²) in [5.41, 5.74) is 1.63. The fourth-order valence-electron chi connectivity index (χ4n) is 3.45. The summed E-state index contributed by atoms with van der Waals surface area (Å²) in [6.45, 7) is 0.263. The van der Waals surface area contributed by atoms with Gasteiger partial charge in [0.05, 0.1) is 24.7 Å². The van der Waals surface area contributed by atoms with Gasteiger partial charge in [0.1, 0.15) is 5.75 Å². The average Bonchev–Trinajstić information content (AvgIpc) is 3.21. The second kappa shape index (κ2) is 7.75. The molecule has 0 aromatic heterocycles. The van der Waals surface area contributed by atoms with Gasteiger partial charge in [-0.15, -0.1) is 0 Å². The molecular formula is C22H21NO4S. The van der Waals surface area contributed by atoms with Gasteiger partial charge in [-0.1, -0.05) is 60.7 Å². The van der Waals surface area contributed by atoms with Gasteiger partial charge in [0.2, 0.25) is 10.0 Å². The van der Waals surface area contributed by atoms with E-state index in [4.69, 9.17) is 9.47 Å². The van der Waals surface area contributed by atoms with E-state index >= 15 is 0 Å². The van der Waals surface area contributed by atoms with Crippen molar-refractivity contribution in [1.29, 1.82) is 0 Å². The Morgan fingerprint density at radius 2 is 1.54 bits per heavy atom. The largest absolute Gasteiger partial charge is 0.497 e. The Kier molecular flexibility index (Phi) is 5.17. The zero-order valence-corrected chi connectivity index (χ0v) is 16.2. The van der Waals surface area contributed by atoms with Crippen LogP contribution in [-0.2, 0) is 14.8 Å². The summed E-state index contributed by atoms with van der Waals surface area (Å²) in [5, 5.41) is 0. The van der Waals surface area contributed by atoms with Gasteiger partial charge in [0, 0.05) is 0 Å². The Morgan fingerprint density at radius 3 is 2.21 bits per heavy atom. The van der Waals surface area contributed by atoms with Gasteiger partial charge < -0.3 is 9.47 Å². The van der Waals surface area contributed by atoms with E-state index in [-0.39, 0.29) is 11.5 Å². The molecule has 1 aliphatic heterocycles. The Labute approximate surface area is 165 Å². The lowest BCUT2D eigenvalue weighted by molar-refractivity contribution is 0.0681. The van der Waals surface area contributed by atoms with Gasteiger partial charge in [0.15, 0.2) is 6.23 Å². The van der Waals surface area contributed by atoms with Crippen LogP contribution in [0.5, 0.6) is 5.75 Å². The van der Waals surface area contributed by atoms with Gasteiger partial charge in [-0.25, -0.2) is 8.42 Å². The second-order valence-electron chi connectivity index (χ2n) is 6.54. The first-order valence-corrected chi connectivity index (χ1v) is 10.4. The van der Waals surface area contributed by atoms with Crippen molar-refractivity contribution in [3.05, 3.63) is 96.1 Å². The van der Waals surface area contributed by atoms with Crippen molar-refractivity contribution in [1.82, 2.24) is 4.31 Å². The molecule has 1 heterocycles. The van der Waals surface area contributed by atoms with Crippen LogP contribution in [0.15, 0.2) is 89.8 Å². The fourth-order valence-corrected chi connectivity index (χ4v) is 5.15. The molecule has 2 atom stereocenters. The summed E-state index contributed by atoms with van der Waals surface area (Å²) in [7, 11) is -2.19. The quantitative estimate of drug-likeness (QED) is 0.651. The lowest BCUT2D eigenvalue weighted by Crippen LogP contribution is -2.33. The standard InChI is InChI=1S/C22H21NO4S/c1-26-19-12-8-11-18(15-19)21-16-27-22(17-9-4-2-5-10-17)23(21)28(24,25)20-13-6-3-7-14-20/h2-15,21-22H,16H2,1H3/t21-,22?/m1/s1. The third kappa shape index (κ3) is 3.42. The molecular weight excluding hydrogens is 374 g/mol. The average molecular weight is 395 g/mol. The molecule has 1 aliphatic rings. The number of methoxy groups -OCH3 is 1. The highest BCUT2D eigenvalue weighted by Crippen LogP contribution is 2.43. The highest BCUT2D eigenvalue weighted by atomic mass is 32.2. The molecule has 0 bridgehead atoms. The zero-order valence-electron chi connectivity index (χ0n) is 15.4. The van der Waals surface area contributed by atoms with E-state index in [1.54, 1.807) is 37.4 Å². The van der Waals surface area contributed by atoms with Crippen LogP contribution < -0.4 is 4.74 Å². The minimum absolute atomic E-state index is 0.245. The molecule has 0 aliphatic carbocycles. The van der Waals surface area contributed by atoms with Crippen LogP contribution >= 0.6 is 0 Å². The Bertz CT molecular complexity index is 1040. The second-order valence-corrected chi connectivity index (χ2v) is 8.38. The van der Waals surface area contributed by atoms with Gasteiger partial charge >= 0.3 is 0 Å². The van der Waals surface area contributed by atoms with Crippen LogP contribution in [0.25, 0.3) is 0 Å². The number of rotatable bonds is 5. The summed E-state index contributed by atoms with van der Waals surface area (Å²) >= 11 is 0. The molecule has 0 radical (unpaired) electrons. The topological polar surface area (TPSA) is 55.8 Å². The van der Waals surface area contributed by atoms with Crippen molar-refractivity contribution in [2.45, 2.75) is 17.2 Å². The van der Waals surface area contributed by atoms with Crippen molar-refractivity contribution >= 4 is 10.0 Å². The molecule has 3 aromatic carbocycles. The molecule has 1 unspecified atom stereocenters. The minimum atomic E-state index is -3.79. The predicted octanol–water partition coefficient (Wildman–Crippen LogP) is 4.16. The zero-order chi connectivity index (χ0) is 19.6. The van der Waals surface area contributed by atoms with Crippen LogP contribution in [0, 0.1) is 0 Å². The number of benzene rings is 3. The predicted molar refractivity (Wildman–Crippen MR) is 106 cm³/mol. The third-order valence-corrected chi connectivity index (χ3v) is 6.70.